The van der Waals surface area contributed by atoms with Gasteiger partial charge in [0.15, 0.2) is 0 Å². The number of anilines is 1. The maximum absolute atomic E-state index is 10.8. The standard InChI is InChI=1S/C17H21N3O2/c21-17(12-13-4-2-1-3-5-13)8-10-20(11-9-17)16-19-18-15(22-16)14-6-7-14/h1-5,14,21H,6-12H2. The fourth-order valence-electron chi connectivity index (χ4n) is 3.12. The van der Waals surface area contributed by atoms with Gasteiger partial charge in [-0.05, 0) is 31.2 Å². The molecule has 0 amide bonds. The molecule has 0 bridgehead atoms. The zero-order chi connectivity index (χ0) is 15.0. The van der Waals surface area contributed by atoms with Crippen LogP contribution < -0.4 is 4.90 Å². The van der Waals surface area contributed by atoms with Crippen LogP contribution in [0.2, 0.25) is 0 Å². The first-order valence-corrected chi connectivity index (χ1v) is 8.07. The van der Waals surface area contributed by atoms with E-state index in [2.05, 4.69) is 27.2 Å². The predicted octanol–water partition coefficient (Wildman–Crippen LogP) is 2.52. The Balaban J connectivity index is 1.38. The van der Waals surface area contributed by atoms with Crippen molar-refractivity contribution in [2.24, 2.45) is 0 Å². The van der Waals surface area contributed by atoms with Gasteiger partial charge in [-0.3, -0.25) is 0 Å². The highest BCUT2D eigenvalue weighted by Crippen LogP contribution is 2.40. The molecule has 1 aromatic carbocycles. The van der Waals surface area contributed by atoms with E-state index in [1.165, 1.54) is 18.4 Å². The Morgan fingerprint density at radius 3 is 2.55 bits per heavy atom. The second-order valence-electron chi connectivity index (χ2n) is 6.57. The molecule has 1 aromatic heterocycles. The molecule has 22 heavy (non-hydrogen) atoms. The molecule has 4 rings (SSSR count). The number of benzene rings is 1. The van der Waals surface area contributed by atoms with Crippen LogP contribution in [0.1, 0.15) is 43.1 Å². The average Bonchev–Trinajstić information content (AvgIpc) is 3.27. The van der Waals surface area contributed by atoms with Gasteiger partial charge in [0.2, 0.25) is 5.89 Å². The third kappa shape index (κ3) is 2.86. The Morgan fingerprint density at radius 1 is 1.14 bits per heavy atom. The lowest BCUT2D eigenvalue weighted by Gasteiger charge is -2.37. The molecule has 1 aliphatic heterocycles. The van der Waals surface area contributed by atoms with E-state index in [9.17, 15) is 5.11 Å². The van der Waals surface area contributed by atoms with E-state index in [-0.39, 0.29) is 0 Å². The number of piperidine rings is 1. The molecule has 0 spiro atoms. The minimum atomic E-state index is -0.628. The van der Waals surface area contributed by atoms with Crippen LogP contribution in [0, 0.1) is 0 Å². The minimum Gasteiger partial charge on any atom is -0.408 e. The van der Waals surface area contributed by atoms with Gasteiger partial charge in [-0.15, -0.1) is 5.10 Å². The third-order valence-corrected chi connectivity index (χ3v) is 4.70. The summed E-state index contributed by atoms with van der Waals surface area (Å²) >= 11 is 0. The maximum atomic E-state index is 10.8. The van der Waals surface area contributed by atoms with Crippen molar-refractivity contribution < 1.29 is 9.52 Å². The summed E-state index contributed by atoms with van der Waals surface area (Å²) in [6.45, 7) is 1.52. The molecular formula is C17H21N3O2. The van der Waals surface area contributed by atoms with Crippen molar-refractivity contribution in [1.82, 2.24) is 10.2 Å². The van der Waals surface area contributed by atoms with E-state index >= 15 is 0 Å². The summed E-state index contributed by atoms with van der Waals surface area (Å²) < 4.78 is 5.76. The lowest BCUT2D eigenvalue weighted by molar-refractivity contribution is 0.0158. The third-order valence-electron chi connectivity index (χ3n) is 4.70. The SMILES string of the molecule is OC1(Cc2ccccc2)CCN(c2nnc(C3CC3)o2)CC1. The Kier molecular flexibility index (Phi) is 3.37. The molecule has 2 heterocycles. The highest BCUT2D eigenvalue weighted by molar-refractivity contribution is 5.27. The van der Waals surface area contributed by atoms with Crippen molar-refractivity contribution in [3.05, 3.63) is 41.8 Å². The Hall–Kier alpha value is -1.88. The first-order valence-electron chi connectivity index (χ1n) is 8.07. The zero-order valence-electron chi connectivity index (χ0n) is 12.6. The van der Waals surface area contributed by atoms with Gasteiger partial charge >= 0.3 is 6.01 Å². The van der Waals surface area contributed by atoms with Crippen molar-refractivity contribution >= 4 is 6.01 Å². The van der Waals surface area contributed by atoms with Gasteiger partial charge in [-0.2, -0.15) is 0 Å². The topological polar surface area (TPSA) is 62.4 Å². The van der Waals surface area contributed by atoms with Crippen LogP contribution in [-0.2, 0) is 6.42 Å². The fourth-order valence-corrected chi connectivity index (χ4v) is 3.12. The second-order valence-corrected chi connectivity index (χ2v) is 6.57. The zero-order valence-corrected chi connectivity index (χ0v) is 12.6. The number of aliphatic hydroxyl groups is 1. The Labute approximate surface area is 130 Å². The fraction of sp³-hybridized carbons (Fsp3) is 0.529. The summed E-state index contributed by atoms with van der Waals surface area (Å²) in [6, 6.07) is 10.8. The second kappa shape index (κ2) is 5.39. The lowest BCUT2D eigenvalue weighted by atomic mass is 9.85. The molecule has 116 valence electrons. The van der Waals surface area contributed by atoms with Crippen LogP contribution in [-0.4, -0.2) is 34.0 Å². The number of nitrogens with zero attached hydrogens (tertiary/aromatic N) is 3. The number of hydrogen-bond donors (Lipinski definition) is 1. The first kappa shape index (κ1) is 13.8. The number of hydrogen-bond acceptors (Lipinski definition) is 5. The predicted molar refractivity (Wildman–Crippen MR) is 82.8 cm³/mol. The van der Waals surface area contributed by atoms with Crippen molar-refractivity contribution in [1.29, 1.82) is 0 Å². The van der Waals surface area contributed by atoms with E-state index in [1.54, 1.807) is 0 Å². The van der Waals surface area contributed by atoms with Crippen LogP contribution in [0.15, 0.2) is 34.7 Å². The highest BCUT2D eigenvalue weighted by atomic mass is 16.4. The quantitative estimate of drug-likeness (QED) is 0.940. The van der Waals surface area contributed by atoms with E-state index in [0.29, 0.717) is 18.4 Å². The van der Waals surface area contributed by atoms with Crippen LogP contribution in [0.3, 0.4) is 0 Å². The summed E-state index contributed by atoms with van der Waals surface area (Å²) in [4.78, 5) is 2.10. The van der Waals surface area contributed by atoms with Crippen LogP contribution in [0.25, 0.3) is 0 Å². The molecule has 2 aliphatic rings. The van der Waals surface area contributed by atoms with Gasteiger partial charge < -0.3 is 14.4 Å². The van der Waals surface area contributed by atoms with Gasteiger partial charge in [0.1, 0.15) is 0 Å². The highest BCUT2D eigenvalue weighted by Gasteiger charge is 2.35. The van der Waals surface area contributed by atoms with Crippen LogP contribution >= 0.6 is 0 Å². The molecule has 0 atom stereocenters. The molecule has 2 aromatic rings. The van der Waals surface area contributed by atoms with E-state index in [1.807, 2.05) is 18.2 Å². The van der Waals surface area contributed by atoms with Gasteiger partial charge in [-0.1, -0.05) is 35.4 Å². The van der Waals surface area contributed by atoms with E-state index in [0.717, 1.165) is 31.8 Å². The monoisotopic (exact) mass is 299 g/mol. The summed E-state index contributed by atoms with van der Waals surface area (Å²) in [5.41, 5.74) is 0.559. The smallest absolute Gasteiger partial charge is 0.318 e. The van der Waals surface area contributed by atoms with Crippen molar-refractivity contribution in [2.75, 3.05) is 18.0 Å². The van der Waals surface area contributed by atoms with Crippen LogP contribution in [0.4, 0.5) is 6.01 Å². The summed E-state index contributed by atoms with van der Waals surface area (Å²) in [5, 5.41) is 19.1. The first-order chi connectivity index (χ1) is 10.7. The lowest BCUT2D eigenvalue weighted by Crippen LogP contribution is -2.45. The van der Waals surface area contributed by atoms with Gasteiger partial charge in [0.05, 0.1) is 5.60 Å². The molecule has 2 fully saturated rings. The number of rotatable bonds is 4. The average molecular weight is 299 g/mol. The summed E-state index contributed by atoms with van der Waals surface area (Å²) in [6.07, 6.45) is 4.49. The molecule has 1 saturated heterocycles. The molecule has 1 N–H and O–H groups in total. The minimum absolute atomic E-state index is 0.487. The van der Waals surface area contributed by atoms with E-state index < -0.39 is 5.60 Å². The van der Waals surface area contributed by atoms with Crippen molar-refractivity contribution in [2.45, 2.75) is 43.6 Å². The maximum Gasteiger partial charge on any atom is 0.318 e. The normalized spacial score (nSPS) is 21.0. The van der Waals surface area contributed by atoms with E-state index in [4.69, 9.17) is 4.42 Å². The molecule has 5 heteroatoms. The molecule has 0 unspecified atom stereocenters. The summed E-state index contributed by atoms with van der Waals surface area (Å²) in [5.74, 6) is 1.26. The summed E-state index contributed by atoms with van der Waals surface area (Å²) in [7, 11) is 0. The van der Waals surface area contributed by atoms with Gasteiger partial charge in [-0.25, -0.2) is 0 Å². The van der Waals surface area contributed by atoms with Crippen molar-refractivity contribution in [3.8, 4) is 0 Å². The molecule has 1 aliphatic carbocycles. The van der Waals surface area contributed by atoms with Crippen molar-refractivity contribution in [3.63, 3.8) is 0 Å². The molecule has 5 nitrogen and oxygen atoms in total. The Bertz CT molecular complexity index is 628. The Morgan fingerprint density at radius 2 is 1.86 bits per heavy atom. The molecule has 0 radical (unpaired) electrons. The number of aromatic nitrogens is 2. The molecule has 1 saturated carbocycles. The largest absolute Gasteiger partial charge is 0.408 e. The van der Waals surface area contributed by atoms with Gasteiger partial charge in [0, 0.05) is 25.4 Å². The van der Waals surface area contributed by atoms with Crippen LogP contribution in [0.5, 0.6) is 0 Å². The van der Waals surface area contributed by atoms with Gasteiger partial charge in [0.25, 0.3) is 0 Å². The molecular weight excluding hydrogens is 278 g/mol.